The molecule has 0 radical (unpaired) electrons. The lowest BCUT2D eigenvalue weighted by Crippen LogP contribution is -2.37. The zero-order chi connectivity index (χ0) is 10.9. The Balaban J connectivity index is 2.62. The van der Waals surface area contributed by atoms with Crippen molar-refractivity contribution in [1.82, 2.24) is 0 Å². The topological polar surface area (TPSA) is 87.0 Å². The second-order valence-corrected chi connectivity index (χ2v) is 3.77. The van der Waals surface area contributed by atoms with Gasteiger partial charge < -0.3 is 20.1 Å². The zero-order valence-electron chi connectivity index (χ0n) is 8.25. The van der Waals surface area contributed by atoms with Gasteiger partial charge in [-0.05, 0) is 13.8 Å². The van der Waals surface area contributed by atoms with E-state index in [9.17, 15) is 20.1 Å². The summed E-state index contributed by atoms with van der Waals surface area (Å²) in [6.45, 7) is 2.86. The highest BCUT2D eigenvalue weighted by atomic mass is 16.6. The number of rotatable bonds is 3. The van der Waals surface area contributed by atoms with Crippen LogP contribution in [0.1, 0.15) is 20.3 Å². The molecule has 0 aliphatic carbocycles. The molecule has 0 bridgehead atoms. The summed E-state index contributed by atoms with van der Waals surface area (Å²) >= 11 is 0. The van der Waals surface area contributed by atoms with Crippen molar-refractivity contribution in [3.63, 3.8) is 0 Å². The van der Waals surface area contributed by atoms with Crippen molar-refractivity contribution in [1.29, 1.82) is 0 Å². The van der Waals surface area contributed by atoms with Gasteiger partial charge in [-0.3, -0.25) is 4.79 Å². The summed E-state index contributed by atoms with van der Waals surface area (Å²) in [4.78, 5) is 10.8. The molecule has 14 heavy (non-hydrogen) atoms. The first-order valence-corrected chi connectivity index (χ1v) is 4.62. The number of aliphatic hydroxyl groups excluding tert-OH is 3. The molecule has 3 N–H and O–H groups in total. The van der Waals surface area contributed by atoms with Crippen molar-refractivity contribution < 1.29 is 24.9 Å². The third kappa shape index (κ3) is 2.30. The summed E-state index contributed by atoms with van der Waals surface area (Å²) < 4.78 is 5.19. The number of ether oxygens (including phenoxy) is 1. The van der Waals surface area contributed by atoms with E-state index in [1.54, 1.807) is 0 Å². The summed E-state index contributed by atoms with van der Waals surface area (Å²) in [6.07, 6.45) is -4.55. The van der Waals surface area contributed by atoms with E-state index < -0.39 is 30.5 Å². The maximum Gasteiger partial charge on any atom is 0.132 e. The zero-order valence-corrected chi connectivity index (χ0v) is 8.25. The van der Waals surface area contributed by atoms with Crippen LogP contribution in [0.5, 0.6) is 0 Å². The minimum atomic E-state index is -1.13. The van der Waals surface area contributed by atoms with Gasteiger partial charge >= 0.3 is 0 Å². The number of carbonyl (C=O) groups excluding carboxylic acids is 1. The standard InChI is InChI=1S/C9H16O5/c1-4(10)3-6-7(12)8(13)9(14-6)5(2)11/h5-9,11-13H,3H2,1-2H3/t5-,6?,7+,8-,9+/m1/s1. The SMILES string of the molecule is CC(=O)CC1O[C@@H]([C@@H](C)O)[C@H](O)[C@H]1O. The maximum absolute atomic E-state index is 10.8. The lowest BCUT2D eigenvalue weighted by molar-refractivity contribution is -0.122. The van der Waals surface area contributed by atoms with Crippen LogP contribution in [0.25, 0.3) is 0 Å². The predicted molar refractivity (Wildman–Crippen MR) is 47.7 cm³/mol. The fourth-order valence-electron chi connectivity index (χ4n) is 1.63. The Morgan fingerprint density at radius 2 is 2.00 bits per heavy atom. The third-order valence-electron chi connectivity index (χ3n) is 2.36. The minimum absolute atomic E-state index is 0.0570. The Bertz CT molecular complexity index is 215. The molecule has 1 fully saturated rings. The monoisotopic (exact) mass is 204 g/mol. The molecule has 5 nitrogen and oxygen atoms in total. The lowest BCUT2D eigenvalue weighted by Gasteiger charge is -2.16. The van der Waals surface area contributed by atoms with Gasteiger partial charge in [-0.2, -0.15) is 0 Å². The Morgan fingerprint density at radius 1 is 1.43 bits per heavy atom. The summed E-state index contributed by atoms with van der Waals surface area (Å²) in [5.41, 5.74) is 0. The van der Waals surface area contributed by atoms with Crippen LogP contribution in [0.15, 0.2) is 0 Å². The van der Waals surface area contributed by atoms with Gasteiger partial charge in [-0.15, -0.1) is 0 Å². The fraction of sp³-hybridized carbons (Fsp3) is 0.889. The minimum Gasteiger partial charge on any atom is -0.391 e. The number of hydrogen-bond acceptors (Lipinski definition) is 5. The van der Waals surface area contributed by atoms with E-state index in [1.165, 1.54) is 13.8 Å². The molecule has 1 saturated heterocycles. The van der Waals surface area contributed by atoms with Gasteiger partial charge in [0.1, 0.15) is 24.1 Å². The molecule has 1 rings (SSSR count). The molecule has 1 aliphatic rings. The quantitative estimate of drug-likeness (QED) is 0.539. The van der Waals surface area contributed by atoms with Crippen LogP contribution < -0.4 is 0 Å². The first kappa shape index (κ1) is 11.6. The Morgan fingerprint density at radius 3 is 2.36 bits per heavy atom. The van der Waals surface area contributed by atoms with Crippen LogP contribution in [-0.2, 0) is 9.53 Å². The molecule has 0 aromatic rings. The van der Waals surface area contributed by atoms with Gasteiger partial charge in [0.2, 0.25) is 0 Å². The molecule has 1 unspecified atom stereocenters. The van der Waals surface area contributed by atoms with Crippen LogP contribution in [0.4, 0.5) is 0 Å². The van der Waals surface area contributed by atoms with E-state index in [0.717, 1.165) is 0 Å². The molecule has 0 aromatic carbocycles. The average Bonchev–Trinajstić information content (AvgIpc) is 2.32. The van der Waals surface area contributed by atoms with Crippen molar-refractivity contribution in [2.24, 2.45) is 0 Å². The highest BCUT2D eigenvalue weighted by Gasteiger charge is 2.44. The fourth-order valence-corrected chi connectivity index (χ4v) is 1.63. The van der Waals surface area contributed by atoms with Gasteiger partial charge in [0.15, 0.2) is 0 Å². The summed E-state index contributed by atoms with van der Waals surface area (Å²) in [7, 11) is 0. The number of ketones is 1. The van der Waals surface area contributed by atoms with Gasteiger partial charge in [0.25, 0.3) is 0 Å². The van der Waals surface area contributed by atoms with Crippen molar-refractivity contribution in [2.75, 3.05) is 0 Å². The molecule has 5 heteroatoms. The van der Waals surface area contributed by atoms with Crippen molar-refractivity contribution in [2.45, 2.75) is 50.8 Å². The molecule has 0 amide bonds. The van der Waals surface area contributed by atoms with E-state index >= 15 is 0 Å². The van der Waals surface area contributed by atoms with Gasteiger partial charge in [-0.1, -0.05) is 0 Å². The first-order chi connectivity index (χ1) is 6.43. The second kappa shape index (κ2) is 4.35. The van der Waals surface area contributed by atoms with Crippen molar-refractivity contribution >= 4 is 5.78 Å². The Kier molecular flexibility index (Phi) is 3.60. The van der Waals surface area contributed by atoms with E-state index in [4.69, 9.17) is 4.74 Å². The Hall–Kier alpha value is -0.490. The highest BCUT2D eigenvalue weighted by molar-refractivity contribution is 5.76. The van der Waals surface area contributed by atoms with Crippen LogP contribution in [-0.4, -0.2) is 51.6 Å². The maximum atomic E-state index is 10.8. The molecule has 1 aliphatic heterocycles. The molecular formula is C9H16O5. The Labute approximate surface area is 82.3 Å². The van der Waals surface area contributed by atoms with Gasteiger partial charge in [0.05, 0.1) is 12.2 Å². The van der Waals surface area contributed by atoms with Crippen molar-refractivity contribution in [3.8, 4) is 0 Å². The molecule has 0 spiro atoms. The molecule has 0 aromatic heterocycles. The van der Waals surface area contributed by atoms with E-state index in [2.05, 4.69) is 0 Å². The number of Topliss-reactive ketones (excluding diaryl/α,β-unsaturated/α-hetero) is 1. The summed E-state index contributed by atoms with van der Waals surface area (Å²) in [5.74, 6) is -0.118. The molecule has 82 valence electrons. The number of carbonyl (C=O) groups is 1. The van der Waals surface area contributed by atoms with E-state index in [-0.39, 0.29) is 12.2 Å². The van der Waals surface area contributed by atoms with E-state index in [1.807, 2.05) is 0 Å². The van der Waals surface area contributed by atoms with Crippen molar-refractivity contribution in [3.05, 3.63) is 0 Å². The van der Waals surface area contributed by atoms with E-state index in [0.29, 0.717) is 0 Å². The summed E-state index contributed by atoms with van der Waals surface area (Å²) in [6, 6.07) is 0. The molecular weight excluding hydrogens is 188 g/mol. The van der Waals surface area contributed by atoms with Crippen LogP contribution >= 0.6 is 0 Å². The number of hydrogen-bond donors (Lipinski definition) is 3. The van der Waals surface area contributed by atoms with Gasteiger partial charge in [-0.25, -0.2) is 0 Å². The number of aliphatic hydroxyl groups is 3. The average molecular weight is 204 g/mol. The van der Waals surface area contributed by atoms with Crippen LogP contribution in [0, 0.1) is 0 Å². The molecule has 1 heterocycles. The normalized spacial score (nSPS) is 39.8. The third-order valence-corrected chi connectivity index (χ3v) is 2.36. The predicted octanol–water partition coefficient (Wildman–Crippen LogP) is -1.16. The largest absolute Gasteiger partial charge is 0.391 e. The smallest absolute Gasteiger partial charge is 0.132 e. The first-order valence-electron chi connectivity index (χ1n) is 4.62. The molecule has 0 saturated carbocycles. The molecule has 5 atom stereocenters. The van der Waals surface area contributed by atoms with Crippen LogP contribution in [0.3, 0.4) is 0 Å². The van der Waals surface area contributed by atoms with Gasteiger partial charge in [0, 0.05) is 6.42 Å². The second-order valence-electron chi connectivity index (χ2n) is 3.77. The summed E-state index contributed by atoms with van der Waals surface area (Å²) in [5, 5.41) is 28.2. The lowest BCUT2D eigenvalue weighted by atomic mass is 10.0. The highest BCUT2D eigenvalue weighted by Crippen LogP contribution is 2.25. The van der Waals surface area contributed by atoms with Crippen LogP contribution in [0.2, 0.25) is 0 Å².